The first-order chi connectivity index (χ1) is 8.49. The number of rotatable bonds is 8. The van der Waals surface area contributed by atoms with Crippen LogP contribution in [-0.2, 0) is 9.47 Å². The maximum atomic E-state index is 11.7. The second kappa shape index (κ2) is 10.5. The minimum Gasteiger partial charge on any atom is -0.420 e. The van der Waals surface area contributed by atoms with Gasteiger partial charge in [0, 0.05) is 11.8 Å². The molecule has 0 amide bonds. The van der Waals surface area contributed by atoms with Crippen LogP contribution in [-0.4, -0.2) is 14.4 Å². The molecule has 0 spiro atoms. The summed E-state index contributed by atoms with van der Waals surface area (Å²) in [5.41, 5.74) is 0. The Morgan fingerprint density at radius 1 is 0.833 bits per heavy atom. The standard InChI is InChI=1S/C13H24I2O3/c1-5-9(6-2)11(14)17-13(16)18-12(15)10(7-3)8-4/h9-12H,5-8H2,1-4H3. The summed E-state index contributed by atoms with van der Waals surface area (Å²) in [4.78, 5) is 11.7. The predicted molar refractivity (Wildman–Crippen MR) is 91.3 cm³/mol. The molecule has 2 atom stereocenters. The lowest BCUT2D eigenvalue weighted by molar-refractivity contribution is 0.0221. The van der Waals surface area contributed by atoms with Crippen molar-refractivity contribution in [2.45, 2.75) is 61.6 Å². The lowest BCUT2D eigenvalue weighted by atomic mass is 10.1. The van der Waals surface area contributed by atoms with Crippen molar-refractivity contribution in [3.63, 3.8) is 0 Å². The molecule has 5 heteroatoms. The second-order valence-corrected chi connectivity index (χ2v) is 6.80. The molecule has 0 aromatic carbocycles. The molecule has 0 saturated carbocycles. The van der Waals surface area contributed by atoms with Gasteiger partial charge < -0.3 is 9.47 Å². The van der Waals surface area contributed by atoms with E-state index >= 15 is 0 Å². The van der Waals surface area contributed by atoms with Crippen LogP contribution in [0.3, 0.4) is 0 Å². The van der Waals surface area contributed by atoms with E-state index in [4.69, 9.17) is 9.47 Å². The van der Waals surface area contributed by atoms with Gasteiger partial charge in [-0.1, -0.05) is 27.7 Å². The van der Waals surface area contributed by atoms with Gasteiger partial charge in [-0.3, -0.25) is 0 Å². The lowest BCUT2D eigenvalue weighted by Gasteiger charge is -2.23. The van der Waals surface area contributed by atoms with Gasteiger partial charge in [-0.2, -0.15) is 0 Å². The highest BCUT2D eigenvalue weighted by atomic mass is 127. The minimum atomic E-state index is -0.535. The molecule has 0 N–H and O–H groups in total. The normalized spacial score (nSPS) is 14.7. The number of ether oxygens (including phenoxy) is 2. The van der Waals surface area contributed by atoms with E-state index in [0.29, 0.717) is 11.8 Å². The van der Waals surface area contributed by atoms with Crippen LogP contribution in [0.15, 0.2) is 0 Å². The van der Waals surface area contributed by atoms with Crippen molar-refractivity contribution in [1.29, 1.82) is 0 Å². The maximum absolute atomic E-state index is 11.7. The fourth-order valence-corrected chi connectivity index (χ4v) is 4.17. The van der Waals surface area contributed by atoms with Gasteiger partial charge in [0.2, 0.25) is 0 Å². The number of halogens is 2. The zero-order chi connectivity index (χ0) is 14.1. The molecular formula is C13H24I2O3. The van der Waals surface area contributed by atoms with Crippen molar-refractivity contribution < 1.29 is 14.3 Å². The number of carbonyl (C=O) groups is 1. The van der Waals surface area contributed by atoms with Gasteiger partial charge in [-0.15, -0.1) is 0 Å². The van der Waals surface area contributed by atoms with E-state index in [0.717, 1.165) is 25.7 Å². The quantitative estimate of drug-likeness (QED) is 0.259. The molecule has 0 aliphatic rings. The van der Waals surface area contributed by atoms with Gasteiger partial charge >= 0.3 is 6.16 Å². The molecule has 0 rings (SSSR count). The van der Waals surface area contributed by atoms with Gasteiger partial charge in [-0.25, -0.2) is 4.79 Å². The molecule has 0 aromatic heterocycles. The third-order valence-electron chi connectivity index (χ3n) is 3.26. The third-order valence-corrected chi connectivity index (χ3v) is 5.80. The summed E-state index contributed by atoms with van der Waals surface area (Å²) in [7, 11) is 0. The van der Waals surface area contributed by atoms with Crippen LogP contribution in [0.2, 0.25) is 0 Å². The summed E-state index contributed by atoms with van der Waals surface area (Å²) in [6.07, 6.45) is 3.51. The molecule has 0 fully saturated rings. The first kappa shape index (κ1) is 18.7. The minimum absolute atomic E-state index is 0.101. The molecule has 0 saturated heterocycles. The fourth-order valence-electron chi connectivity index (χ4n) is 1.72. The van der Waals surface area contributed by atoms with Crippen LogP contribution in [0.5, 0.6) is 0 Å². The average Bonchev–Trinajstić information content (AvgIpc) is 2.31. The average molecular weight is 482 g/mol. The van der Waals surface area contributed by atoms with E-state index in [-0.39, 0.29) is 8.22 Å². The van der Waals surface area contributed by atoms with Crippen molar-refractivity contribution >= 4 is 51.3 Å². The predicted octanol–water partition coefficient (Wildman–Crippen LogP) is 5.53. The van der Waals surface area contributed by atoms with E-state index in [1.807, 2.05) is 0 Å². The van der Waals surface area contributed by atoms with Gasteiger partial charge in [0.25, 0.3) is 0 Å². The summed E-state index contributed by atoms with van der Waals surface area (Å²) in [6.45, 7) is 8.44. The largest absolute Gasteiger partial charge is 0.510 e. The number of carbonyl (C=O) groups excluding carboxylic acids is 1. The fraction of sp³-hybridized carbons (Fsp3) is 0.923. The molecule has 18 heavy (non-hydrogen) atoms. The van der Waals surface area contributed by atoms with Gasteiger partial charge in [0.1, 0.15) is 0 Å². The number of alkyl halides is 2. The first-order valence-electron chi connectivity index (χ1n) is 6.65. The zero-order valence-electron chi connectivity index (χ0n) is 11.6. The molecule has 0 bridgehead atoms. The number of hydrogen-bond acceptors (Lipinski definition) is 3. The van der Waals surface area contributed by atoms with Crippen LogP contribution in [0.1, 0.15) is 53.4 Å². The molecule has 0 aliphatic heterocycles. The molecule has 3 nitrogen and oxygen atoms in total. The van der Waals surface area contributed by atoms with Crippen molar-refractivity contribution in [3.05, 3.63) is 0 Å². The van der Waals surface area contributed by atoms with Crippen molar-refractivity contribution in [2.75, 3.05) is 0 Å². The van der Waals surface area contributed by atoms with Crippen LogP contribution in [0.25, 0.3) is 0 Å². The van der Waals surface area contributed by atoms with E-state index in [1.165, 1.54) is 0 Å². The molecule has 2 unspecified atom stereocenters. The first-order valence-corrected chi connectivity index (χ1v) is 9.14. The Morgan fingerprint density at radius 3 is 1.33 bits per heavy atom. The van der Waals surface area contributed by atoms with Crippen LogP contribution in [0.4, 0.5) is 4.79 Å². The van der Waals surface area contributed by atoms with Crippen molar-refractivity contribution in [3.8, 4) is 0 Å². The Bertz CT molecular complexity index is 206. The van der Waals surface area contributed by atoms with E-state index in [9.17, 15) is 4.79 Å². The Morgan fingerprint density at radius 2 is 1.11 bits per heavy atom. The highest BCUT2D eigenvalue weighted by Crippen LogP contribution is 2.25. The Kier molecular flexibility index (Phi) is 10.9. The van der Waals surface area contributed by atoms with Gasteiger partial charge in [0.15, 0.2) is 8.22 Å². The zero-order valence-corrected chi connectivity index (χ0v) is 15.9. The van der Waals surface area contributed by atoms with Gasteiger partial charge in [-0.05, 0) is 70.9 Å². The highest BCUT2D eigenvalue weighted by Gasteiger charge is 2.24. The molecule has 0 aliphatic carbocycles. The molecule has 0 aromatic rings. The Balaban J connectivity index is 4.17. The van der Waals surface area contributed by atoms with Crippen LogP contribution >= 0.6 is 45.2 Å². The molecular weight excluding hydrogens is 458 g/mol. The van der Waals surface area contributed by atoms with E-state index < -0.39 is 6.16 Å². The van der Waals surface area contributed by atoms with Crippen molar-refractivity contribution in [2.24, 2.45) is 11.8 Å². The maximum Gasteiger partial charge on any atom is 0.510 e. The molecule has 0 heterocycles. The van der Waals surface area contributed by atoms with E-state index in [2.05, 4.69) is 72.9 Å². The Labute approximate surface area is 138 Å². The monoisotopic (exact) mass is 482 g/mol. The topological polar surface area (TPSA) is 35.5 Å². The summed E-state index contributed by atoms with van der Waals surface area (Å²) in [5, 5.41) is 0. The lowest BCUT2D eigenvalue weighted by Crippen LogP contribution is -2.25. The second-order valence-electron chi connectivity index (χ2n) is 4.34. The SMILES string of the molecule is CCC(CC)C(I)OC(=O)OC(I)C(CC)CC. The van der Waals surface area contributed by atoms with Crippen LogP contribution in [0, 0.1) is 11.8 Å². The number of hydrogen-bond donors (Lipinski definition) is 0. The summed E-state index contributed by atoms with van der Waals surface area (Å²) < 4.78 is 10.4. The molecule has 108 valence electrons. The highest BCUT2D eigenvalue weighted by molar-refractivity contribution is 14.1. The summed E-state index contributed by atoms with van der Waals surface area (Å²) in [5.74, 6) is 0.804. The molecule has 0 radical (unpaired) electrons. The Hall–Kier alpha value is 0.730. The van der Waals surface area contributed by atoms with E-state index in [1.54, 1.807) is 0 Å². The third kappa shape index (κ3) is 6.77. The summed E-state index contributed by atoms with van der Waals surface area (Å²) in [6, 6.07) is 0. The smallest absolute Gasteiger partial charge is 0.420 e. The van der Waals surface area contributed by atoms with Gasteiger partial charge in [0.05, 0.1) is 0 Å². The van der Waals surface area contributed by atoms with Crippen LogP contribution < -0.4 is 0 Å². The van der Waals surface area contributed by atoms with Crippen molar-refractivity contribution in [1.82, 2.24) is 0 Å². The summed E-state index contributed by atoms with van der Waals surface area (Å²) >= 11 is 4.35.